The number of hydrogen-bond donors (Lipinski definition) is 1. The van der Waals surface area contributed by atoms with E-state index in [0.717, 1.165) is 71.0 Å². The molecule has 3 aliphatic rings. The van der Waals surface area contributed by atoms with E-state index in [0.29, 0.717) is 30.1 Å². The predicted molar refractivity (Wildman–Crippen MR) is 119 cm³/mol. The number of rotatable bonds is 8. The lowest BCUT2D eigenvalue weighted by Gasteiger charge is -2.38. The average Bonchev–Trinajstić information content (AvgIpc) is 3.24. The lowest BCUT2D eigenvalue weighted by molar-refractivity contribution is -0.169. The zero-order valence-corrected chi connectivity index (χ0v) is 19.3. The molecule has 0 aliphatic carbocycles. The molecule has 9 nitrogen and oxygen atoms in total. The maximum atomic E-state index is 12.2. The number of nitrogens with zero attached hydrogens (tertiary/aromatic N) is 4. The summed E-state index contributed by atoms with van der Waals surface area (Å²) in [5.41, 5.74) is 0. The van der Waals surface area contributed by atoms with Crippen molar-refractivity contribution in [1.29, 1.82) is 0 Å². The number of nitrogens with one attached hydrogen (secondary N) is 1. The molecule has 1 amide bonds. The third-order valence-electron chi connectivity index (χ3n) is 5.73. The van der Waals surface area contributed by atoms with Crippen LogP contribution in [0.15, 0.2) is 11.2 Å². The van der Waals surface area contributed by atoms with E-state index in [2.05, 4.69) is 25.1 Å². The fraction of sp³-hybridized carbons (Fsp3) is 0.750. The summed E-state index contributed by atoms with van der Waals surface area (Å²) in [5, 5.41) is 3.86. The summed E-state index contributed by atoms with van der Waals surface area (Å²) in [7, 11) is 0. The number of amides is 1. The molecule has 172 valence electrons. The Morgan fingerprint density at radius 2 is 1.87 bits per heavy atom. The fourth-order valence-electron chi connectivity index (χ4n) is 4.01. The summed E-state index contributed by atoms with van der Waals surface area (Å²) in [6.07, 6.45) is 2.52. The Morgan fingerprint density at radius 3 is 2.61 bits per heavy atom. The summed E-state index contributed by atoms with van der Waals surface area (Å²) in [5.74, 6) is 0.598. The molecule has 0 aromatic carbocycles. The van der Waals surface area contributed by atoms with Gasteiger partial charge in [-0.15, -0.1) is 0 Å². The highest BCUT2D eigenvalue weighted by Crippen LogP contribution is 2.33. The van der Waals surface area contributed by atoms with Crippen LogP contribution in [0, 0.1) is 0 Å². The Labute approximate surface area is 192 Å². The van der Waals surface area contributed by atoms with Crippen LogP contribution in [0.2, 0.25) is 5.15 Å². The van der Waals surface area contributed by atoms with Crippen LogP contribution in [0.5, 0.6) is 0 Å². The molecule has 4 rings (SSSR count). The van der Waals surface area contributed by atoms with Gasteiger partial charge in [-0.25, -0.2) is 9.97 Å². The SMILES string of the molecule is O=C(CSc1nc(Cl)cc(N2CCC3(CC2)OCCO3)n1)NCCCN1CCOCC1. The molecule has 1 N–H and O–H groups in total. The van der Waals surface area contributed by atoms with Crippen molar-refractivity contribution in [3.05, 3.63) is 11.2 Å². The van der Waals surface area contributed by atoms with E-state index in [1.54, 1.807) is 6.07 Å². The first-order valence-electron chi connectivity index (χ1n) is 10.9. The Balaban J connectivity index is 1.20. The quantitative estimate of drug-likeness (QED) is 0.261. The van der Waals surface area contributed by atoms with Crippen molar-refractivity contribution in [3.8, 4) is 0 Å². The van der Waals surface area contributed by atoms with Gasteiger partial charge in [-0.2, -0.15) is 0 Å². The Bertz CT molecular complexity index is 736. The van der Waals surface area contributed by atoms with E-state index >= 15 is 0 Å². The second-order valence-electron chi connectivity index (χ2n) is 7.87. The highest BCUT2D eigenvalue weighted by molar-refractivity contribution is 7.99. The monoisotopic (exact) mass is 471 g/mol. The van der Waals surface area contributed by atoms with Gasteiger partial charge in [-0.1, -0.05) is 23.4 Å². The summed E-state index contributed by atoms with van der Waals surface area (Å²) < 4.78 is 16.9. The maximum Gasteiger partial charge on any atom is 0.230 e. The number of halogens is 1. The van der Waals surface area contributed by atoms with Crippen LogP contribution in [0.4, 0.5) is 5.82 Å². The Kier molecular flexibility index (Phi) is 8.24. The van der Waals surface area contributed by atoms with Gasteiger partial charge < -0.3 is 24.4 Å². The van der Waals surface area contributed by atoms with Crippen molar-refractivity contribution >= 4 is 35.1 Å². The van der Waals surface area contributed by atoms with Gasteiger partial charge in [0.25, 0.3) is 0 Å². The van der Waals surface area contributed by atoms with E-state index in [-0.39, 0.29) is 11.7 Å². The zero-order valence-electron chi connectivity index (χ0n) is 17.7. The number of thioether (sulfide) groups is 1. The average molecular weight is 472 g/mol. The van der Waals surface area contributed by atoms with Crippen LogP contribution in [-0.4, -0.2) is 98.0 Å². The molecular formula is C20H30ClN5O4S. The molecule has 1 spiro atoms. The standard InChI is InChI=1S/C20H30ClN5O4S/c21-16-14-17(26-6-2-20(3-7-26)29-12-13-30-20)24-19(23-16)31-15-18(27)22-4-1-5-25-8-10-28-11-9-25/h14H,1-13,15H2,(H,22,27). The number of ether oxygens (including phenoxy) is 3. The molecule has 0 saturated carbocycles. The lowest BCUT2D eigenvalue weighted by atomic mass is 10.0. The largest absolute Gasteiger partial charge is 0.379 e. The maximum absolute atomic E-state index is 12.2. The van der Waals surface area contributed by atoms with E-state index in [4.69, 9.17) is 25.8 Å². The van der Waals surface area contributed by atoms with Gasteiger partial charge in [-0.05, 0) is 13.0 Å². The molecule has 1 aromatic heterocycles. The third kappa shape index (κ3) is 6.66. The third-order valence-corrected chi connectivity index (χ3v) is 6.77. The molecule has 4 heterocycles. The van der Waals surface area contributed by atoms with Crippen LogP contribution >= 0.6 is 23.4 Å². The predicted octanol–water partition coefficient (Wildman–Crippen LogP) is 1.40. The second kappa shape index (κ2) is 11.1. The minimum atomic E-state index is -0.426. The van der Waals surface area contributed by atoms with Crippen molar-refractivity contribution in [2.45, 2.75) is 30.2 Å². The van der Waals surface area contributed by atoms with E-state index in [1.807, 2.05) is 0 Å². The molecule has 3 fully saturated rings. The molecule has 0 bridgehead atoms. The first-order valence-corrected chi connectivity index (χ1v) is 12.3. The van der Waals surface area contributed by atoms with Crippen LogP contribution in [0.3, 0.4) is 0 Å². The van der Waals surface area contributed by atoms with Gasteiger partial charge in [0.1, 0.15) is 11.0 Å². The molecule has 0 unspecified atom stereocenters. The minimum Gasteiger partial charge on any atom is -0.379 e. The summed E-state index contributed by atoms with van der Waals surface area (Å²) in [6.45, 7) is 8.05. The number of hydrogen-bond acceptors (Lipinski definition) is 9. The van der Waals surface area contributed by atoms with Gasteiger partial charge in [0.05, 0.1) is 32.2 Å². The highest BCUT2D eigenvalue weighted by Gasteiger charge is 2.40. The summed E-state index contributed by atoms with van der Waals surface area (Å²) >= 11 is 7.53. The highest BCUT2D eigenvalue weighted by atomic mass is 35.5. The first-order chi connectivity index (χ1) is 15.1. The molecular weight excluding hydrogens is 442 g/mol. The number of anilines is 1. The molecule has 3 aliphatic heterocycles. The van der Waals surface area contributed by atoms with Crippen LogP contribution in [0.25, 0.3) is 0 Å². The topological polar surface area (TPSA) is 89.1 Å². The van der Waals surface area contributed by atoms with Crippen molar-refractivity contribution < 1.29 is 19.0 Å². The van der Waals surface area contributed by atoms with E-state index in [1.165, 1.54) is 11.8 Å². The van der Waals surface area contributed by atoms with Gasteiger partial charge in [0.15, 0.2) is 10.9 Å². The van der Waals surface area contributed by atoms with Gasteiger partial charge in [0.2, 0.25) is 5.91 Å². The second-order valence-corrected chi connectivity index (χ2v) is 9.20. The summed E-state index contributed by atoms with van der Waals surface area (Å²) in [4.78, 5) is 25.6. The zero-order chi connectivity index (χ0) is 21.5. The first kappa shape index (κ1) is 23.0. The number of carbonyl (C=O) groups excluding carboxylic acids is 1. The smallest absolute Gasteiger partial charge is 0.230 e. The van der Waals surface area contributed by atoms with Crippen molar-refractivity contribution in [3.63, 3.8) is 0 Å². The van der Waals surface area contributed by atoms with E-state index in [9.17, 15) is 4.79 Å². The van der Waals surface area contributed by atoms with Gasteiger partial charge in [0, 0.05) is 51.6 Å². The van der Waals surface area contributed by atoms with Crippen LogP contribution in [-0.2, 0) is 19.0 Å². The number of morpholine rings is 1. The molecule has 11 heteroatoms. The van der Waals surface area contributed by atoms with Crippen molar-refractivity contribution in [1.82, 2.24) is 20.2 Å². The van der Waals surface area contributed by atoms with Gasteiger partial charge in [-0.3, -0.25) is 9.69 Å². The van der Waals surface area contributed by atoms with Crippen molar-refractivity contribution in [2.24, 2.45) is 0 Å². The van der Waals surface area contributed by atoms with E-state index < -0.39 is 5.79 Å². The number of carbonyl (C=O) groups is 1. The minimum absolute atomic E-state index is 0.0208. The fourth-order valence-corrected chi connectivity index (χ4v) is 4.92. The Morgan fingerprint density at radius 1 is 1.13 bits per heavy atom. The molecule has 3 saturated heterocycles. The number of aromatic nitrogens is 2. The van der Waals surface area contributed by atoms with Gasteiger partial charge >= 0.3 is 0 Å². The van der Waals surface area contributed by atoms with Crippen LogP contribution in [0.1, 0.15) is 19.3 Å². The molecule has 1 aromatic rings. The molecule has 0 atom stereocenters. The normalized spacial score (nSPS) is 21.5. The van der Waals surface area contributed by atoms with Crippen LogP contribution < -0.4 is 10.2 Å². The molecule has 0 radical (unpaired) electrons. The summed E-state index contributed by atoms with van der Waals surface area (Å²) in [6, 6.07) is 1.77. The lowest BCUT2D eigenvalue weighted by Crippen LogP contribution is -2.45. The molecule has 31 heavy (non-hydrogen) atoms. The number of piperidine rings is 1. The van der Waals surface area contributed by atoms with Crippen molar-refractivity contribution in [2.75, 3.05) is 76.3 Å². The Hall–Kier alpha value is -1.17.